The standard InChI is InChI=1S/C39H27N5/c1-3-12-26(13-4-1)33-24-28(25-34(42-33)27-14-5-2-6-15-27)43-35-18-9-7-16-29(35)31-20-21-32-30-17-8-10-19-36(30)44(38(32)37(31)43)39-40-22-11-23-41-39/h1-7,9-16,18-25H,8,17H2. The fourth-order valence-corrected chi connectivity index (χ4v) is 6.81. The first-order valence-electron chi connectivity index (χ1n) is 15.0. The minimum absolute atomic E-state index is 0.680. The molecule has 0 N–H and O–H groups in total. The Morgan fingerprint density at radius 1 is 0.568 bits per heavy atom. The number of aryl methyl sites for hydroxylation is 1. The minimum atomic E-state index is 0.680. The van der Waals surface area contributed by atoms with Crippen LogP contribution in [0.15, 0.2) is 134 Å². The van der Waals surface area contributed by atoms with Gasteiger partial charge < -0.3 is 4.57 Å². The third kappa shape index (κ3) is 3.76. The Morgan fingerprint density at radius 3 is 1.93 bits per heavy atom. The van der Waals surface area contributed by atoms with Crippen molar-refractivity contribution in [2.24, 2.45) is 0 Å². The SMILES string of the molecule is C1=Cc2c(c3ccc4c5ccccc5n(-c5cc(-c6ccccc6)nc(-c6ccccc6)c5)c4c3n2-c2ncccn2)CC1. The van der Waals surface area contributed by atoms with Gasteiger partial charge >= 0.3 is 0 Å². The zero-order valence-electron chi connectivity index (χ0n) is 23.9. The average Bonchev–Trinajstić information content (AvgIpc) is 3.62. The van der Waals surface area contributed by atoms with Gasteiger partial charge in [0.15, 0.2) is 0 Å². The van der Waals surface area contributed by atoms with Gasteiger partial charge in [-0.05, 0) is 48.7 Å². The van der Waals surface area contributed by atoms with Crippen LogP contribution in [0.4, 0.5) is 0 Å². The molecule has 208 valence electrons. The van der Waals surface area contributed by atoms with Gasteiger partial charge in [-0.3, -0.25) is 4.57 Å². The Morgan fingerprint density at radius 2 is 1.20 bits per heavy atom. The zero-order chi connectivity index (χ0) is 29.0. The first-order chi connectivity index (χ1) is 21.8. The molecule has 0 atom stereocenters. The van der Waals surface area contributed by atoms with Gasteiger partial charge in [0, 0.05) is 39.7 Å². The molecule has 44 heavy (non-hydrogen) atoms. The normalized spacial score (nSPS) is 12.7. The molecule has 0 amide bonds. The highest BCUT2D eigenvalue weighted by Crippen LogP contribution is 2.42. The molecule has 4 aromatic carbocycles. The number of allylic oxidation sites excluding steroid dienone is 1. The molecule has 0 radical (unpaired) electrons. The highest BCUT2D eigenvalue weighted by molar-refractivity contribution is 6.19. The van der Waals surface area contributed by atoms with E-state index in [2.05, 4.69) is 118 Å². The molecule has 0 unspecified atom stereocenters. The van der Waals surface area contributed by atoms with Crippen LogP contribution in [0.25, 0.3) is 72.9 Å². The van der Waals surface area contributed by atoms with Crippen LogP contribution >= 0.6 is 0 Å². The molecule has 0 fully saturated rings. The van der Waals surface area contributed by atoms with Crippen LogP contribution < -0.4 is 0 Å². The van der Waals surface area contributed by atoms with Gasteiger partial charge in [0.1, 0.15) is 0 Å². The minimum Gasteiger partial charge on any atom is -0.307 e. The van der Waals surface area contributed by atoms with Gasteiger partial charge in [-0.15, -0.1) is 0 Å². The molecule has 5 heteroatoms. The number of hydrogen-bond acceptors (Lipinski definition) is 3. The van der Waals surface area contributed by atoms with Crippen molar-refractivity contribution in [3.05, 3.63) is 145 Å². The zero-order valence-corrected chi connectivity index (χ0v) is 23.9. The summed E-state index contributed by atoms with van der Waals surface area (Å²) in [6.07, 6.45) is 10.2. The fraction of sp³-hybridized carbons (Fsp3) is 0.0513. The molecule has 5 nitrogen and oxygen atoms in total. The molecule has 9 rings (SSSR count). The van der Waals surface area contributed by atoms with Crippen LogP contribution in [0.2, 0.25) is 0 Å². The van der Waals surface area contributed by atoms with E-state index >= 15 is 0 Å². The molecule has 0 spiro atoms. The van der Waals surface area contributed by atoms with E-state index in [1.165, 1.54) is 21.7 Å². The van der Waals surface area contributed by atoms with Crippen LogP contribution in [0, 0.1) is 0 Å². The third-order valence-corrected chi connectivity index (χ3v) is 8.71. The molecule has 8 aromatic rings. The lowest BCUT2D eigenvalue weighted by Crippen LogP contribution is -2.05. The van der Waals surface area contributed by atoms with Crippen molar-refractivity contribution in [1.29, 1.82) is 0 Å². The van der Waals surface area contributed by atoms with Gasteiger partial charge in [0.05, 0.1) is 39.3 Å². The summed E-state index contributed by atoms with van der Waals surface area (Å²) in [7, 11) is 0. The summed E-state index contributed by atoms with van der Waals surface area (Å²) in [6.45, 7) is 0. The highest BCUT2D eigenvalue weighted by Gasteiger charge is 2.25. The van der Waals surface area contributed by atoms with Gasteiger partial charge in [-0.25, -0.2) is 15.0 Å². The van der Waals surface area contributed by atoms with Crippen molar-refractivity contribution in [1.82, 2.24) is 24.1 Å². The number of aromatic nitrogens is 5. The summed E-state index contributed by atoms with van der Waals surface area (Å²) < 4.78 is 4.68. The van der Waals surface area contributed by atoms with Gasteiger partial charge in [-0.2, -0.15) is 0 Å². The smallest absolute Gasteiger partial charge is 0.234 e. The summed E-state index contributed by atoms with van der Waals surface area (Å²) in [4.78, 5) is 14.7. The van der Waals surface area contributed by atoms with Crippen molar-refractivity contribution in [2.45, 2.75) is 12.8 Å². The lowest BCUT2D eigenvalue weighted by molar-refractivity contribution is 0.918. The predicted octanol–water partition coefficient (Wildman–Crippen LogP) is 9.21. The van der Waals surface area contributed by atoms with Crippen molar-refractivity contribution < 1.29 is 0 Å². The summed E-state index contributed by atoms with van der Waals surface area (Å²) in [5.41, 5.74) is 11.0. The van der Waals surface area contributed by atoms with Crippen molar-refractivity contribution in [3.8, 4) is 34.2 Å². The maximum absolute atomic E-state index is 5.18. The van der Waals surface area contributed by atoms with Crippen LogP contribution in [-0.4, -0.2) is 24.1 Å². The lowest BCUT2D eigenvalue weighted by Gasteiger charge is -2.15. The molecule has 0 saturated carbocycles. The molecule has 0 bridgehead atoms. The molecule has 4 heterocycles. The molecule has 0 aliphatic heterocycles. The number of benzene rings is 4. The maximum Gasteiger partial charge on any atom is 0.234 e. The van der Waals surface area contributed by atoms with Gasteiger partial charge in [-0.1, -0.05) is 97.1 Å². The highest BCUT2D eigenvalue weighted by atomic mass is 15.2. The average molecular weight is 566 g/mol. The Labute approximate surface area is 254 Å². The monoisotopic (exact) mass is 565 g/mol. The van der Waals surface area contributed by atoms with E-state index < -0.39 is 0 Å². The van der Waals surface area contributed by atoms with Gasteiger partial charge in [0.2, 0.25) is 5.95 Å². The third-order valence-electron chi connectivity index (χ3n) is 8.71. The number of fused-ring (bicyclic) bond motifs is 7. The molecule has 1 aliphatic carbocycles. The fourth-order valence-electron chi connectivity index (χ4n) is 6.81. The Hall–Kier alpha value is -5.81. The summed E-state index contributed by atoms with van der Waals surface area (Å²) in [5.74, 6) is 0.680. The quantitative estimate of drug-likeness (QED) is 0.214. The maximum atomic E-state index is 5.18. The largest absolute Gasteiger partial charge is 0.307 e. The van der Waals surface area contributed by atoms with E-state index in [-0.39, 0.29) is 0 Å². The van der Waals surface area contributed by atoms with Crippen LogP contribution in [-0.2, 0) is 6.42 Å². The number of hydrogen-bond donors (Lipinski definition) is 0. The van der Waals surface area contributed by atoms with Crippen LogP contribution in [0.3, 0.4) is 0 Å². The Kier molecular flexibility index (Phi) is 5.56. The number of pyridine rings is 1. The summed E-state index contributed by atoms with van der Waals surface area (Å²) in [6, 6.07) is 40.5. The molecule has 1 aliphatic rings. The number of para-hydroxylation sites is 1. The van der Waals surface area contributed by atoms with Crippen molar-refractivity contribution >= 4 is 38.8 Å². The van der Waals surface area contributed by atoms with E-state index in [0.717, 1.165) is 63.3 Å². The predicted molar refractivity (Wildman–Crippen MR) is 179 cm³/mol. The second-order valence-corrected chi connectivity index (χ2v) is 11.2. The molecular formula is C39H27N5. The first kappa shape index (κ1) is 24.8. The van der Waals surface area contributed by atoms with E-state index in [1.54, 1.807) is 0 Å². The van der Waals surface area contributed by atoms with Crippen molar-refractivity contribution in [2.75, 3.05) is 0 Å². The Balaban J connectivity index is 1.46. The van der Waals surface area contributed by atoms with Crippen LogP contribution in [0.5, 0.6) is 0 Å². The second-order valence-electron chi connectivity index (χ2n) is 11.2. The lowest BCUT2D eigenvalue weighted by atomic mass is 10.00. The summed E-state index contributed by atoms with van der Waals surface area (Å²) >= 11 is 0. The molecule has 0 saturated heterocycles. The first-order valence-corrected chi connectivity index (χ1v) is 15.0. The Bertz CT molecular complexity index is 2310. The van der Waals surface area contributed by atoms with E-state index in [0.29, 0.717) is 5.95 Å². The second kappa shape index (κ2) is 9.89. The topological polar surface area (TPSA) is 48.5 Å². The number of rotatable bonds is 4. The van der Waals surface area contributed by atoms with E-state index in [4.69, 9.17) is 15.0 Å². The molecular weight excluding hydrogens is 538 g/mol. The van der Waals surface area contributed by atoms with Gasteiger partial charge in [0.25, 0.3) is 0 Å². The van der Waals surface area contributed by atoms with E-state index in [9.17, 15) is 0 Å². The summed E-state index contributed by atoms with van der Waals surface area (Å²) in [5, 5.41) is 3.65. The number of nitrogens with zero attached hydrogens (tertiary/aromatic N) is 5. The van der Waals surface area contributed by atoms with E-state index in [1.807, 2.05) is 30.6 Å². The molecule has 4 aromatic heterocycles. The van der Waals surface area contributed by atoms with Crippen molar-refractivity contribution in [3.63, 3.8) is 0 Å². The van der Waals surface area contributed by atoms with Crippen LogP contribution in [0.1, 0.15) is 17.7 Å².